The third kappa shape index (κ3) is 3.69. The van der Waals surface area contributed by atoms with Gasteiger partial charge in [-0.1, -0.05) is 6.92 Å². The molecule has 0 saturated heterocycles. The third-order valence-electron chi connectivity index (χ3n) is 2.45. The summed E-state index contributed by atoms with van der Waals surface area (Å²) in [6.07, 6.45) is 2.29. The van der Waals surface area contributed by atoms with E-state index in [1.807, 2.05) is 33.8 Å². The fourth-order valence-corrected chi connectivity index (χ4v) is 1.52. The second-order valence-corrected chi connectivity index (χ2v) is 4.87. The number of anilines is 1. The summed E-state index contributed by atoms with van der Waals surface area (Å²) in [4.78, 5) is 20.9. The van der Waals surface area contributed by atoms with Crippen LogP contribution in [0.1, 0.15) is 33.4 Å². The van der Waals surface area contributed by atoms with E-state index in [4.69, 9.17) is 5.11 Å². The first kappa shape index (κ1) is 13.4. The second-order valence-electron chi connectivity index (χ2n) is 4.87. The Morgan fingerprint density at radius 1 is 1.41 bits per heavy atom. The van der Waals surface area contributed by atoms with Crippen LogP contribution in [0.5, 0.6) is 0 Å². The van der Waals surface area contributed by atoms with E-state index in [0.29, 0.717) is 5.82 Å². The smallest absolute Gasteiger partial charge is 0.323 e. The van der Waals surface area contributed by atoms with Crippen molar-refractivity contribution in [1.29, 1.82) is 0 Å². The van der Waals surface area contributed by atoms with Crippen LogP contribution in [0, 0.1) is 0 Å². The predicted octanol–water partition coefficient (Wildman–Crippen LogP) is 1.73. The molecule has 5 nitrogen and oxygen atoms in total. The number of aromatic nitrogens is 2. The molecule has 94 valence electrons. The Labute approximate surface area is 102 Å². The zero-order valence-electron chi connectivity index (χ0n) is 10.8. The summed E-state index contributed by atoms with van der Waals surface area (Å²) >= 11 is 0. The molecule has 1 heterocycles. The van der Waals surface area contributed by atoms with Crippen molar-refractivity contribution in [2.45, 2.75) is 39.7 Å². The summed E-state index contributed by atoms with van der Waals surface area (Å²) in [7, 11) is 0. The van der Waals surface area contributed by atoms with Crippen LogP contribution in [0.3, 0.4) is 0 Å². The highest BCUT2D eigenvalue weighted by atomic mass is 16.4. The topological polar surface area (TPSA) is 66.3 Å². The molecule has 0 radical (unpaired) electrons. The summed E-state index contributed by atoms with van der Waals surface area (Å²) in [5.74, 6) is -0.205. The molecule has 1 aromatic rings. The third-order valence-corrected chi connectivity index (χ3v) is 2.45. The number of rotatable bonds is 4. The minimum absolute atomic E-state index is 0.0658. The minimum atomic E-state index is -0.864. The number of carboxylic acid groups (broad SMARTS) is 1. The first-order chi connectivity index (χ1) is 7.84. The van der Waals surface area contributed by atoms with Gasteiger partial charge in [0.25, 0.3) is 0 Å². The van der Waals surface area contributed by atoms with Gasteiger partial charge in [-0.3, -0.25) is 4.79 Å². The fourth-order valence-electron chi connectivity index (χ4n) is 1.52. The van der Waals surface area contributed by atoms with Crippen LogP contribution in [-0.4, -0.2) is 33.1 Å². The van der Waals surface area contributed by atoms with Crippen molar-refractivity contribution in [2.24, 2.45) is 0 Å². The Morgan fingerprint density at radius 3 is 2.53 bits per heavy atom. The lowest BCUT2D eigenvalue weighted by Gasteiger charge is -2.35. The fraction of sp³-hybridized carbons (Fsp3) is 0.583. The average Bonchev–Trinajstić information content (AvgIpc) is 2.24. The first-order valence-corrected chi connectivity index (χ1v) is 5.65. The van der Waals surface area contributed by atoms with Crippen molar-refractivity contribution in [2.75, 3.05) is 11.4 Å². The second kappa shape index (κ2) is 5.12. The number of aliphatic carboxylic acids is 1. The molecule has 0 aliphatic rings. The normalized spacial score (nSPS) is 11.3. The van der Waals surface area contributed by atoms with Crippen LogP contribution in [0.25, 0.3) is 0 Å². The maximum absolute atomic E-state index is 10.9. The lowest BCUT2D eigenvalue weighted by Crippen LogP contribution is -2.45. The monoisotopic (exact) mass is 237 g/mol. The highest BCUT2D eigenvalue weighted by Gasteiger charge is 2.25. The summed E-state index contributed by atoms with van der Waals surface area (Å²) in [6.45, 7) is 7.82. The maximum Gasteiger partial charge on any atom is 0.323 e. The Morgan fingerprint density at radius 2 is 2.06 bits per heavy atom. The van der Waals surface area contributed by atoms with Gasteiger partial charge in [-0.15, -0.1) is 0 Å². The molecule has 1 rings (SSSR count). The van der Waals surface area contributed by atoms with Gasteiger partial charge in [-0.2, -0.15) is 0 Å². The van der Waals surface area contributed by atoms with E-state index in [1.54, 1.807) is 4.90 Å². The highest BCUT2D eigenvalue weighted by Crippen LogP contribution is 2.21. The van der Waals surface area contributed by atoms with E-state index in [0.717, 1.165) is 12.1 Å². The van der Waals surface area contributed by atoms with Gasteiger partial charge in [0.05, 0.1) is 0 Å². The number of hydrogen-bond acceptors (Lipinski definition) is 4. The molecule has 0 atom stereocenters. The van der Waals surface area contributed by atoms with Gasteiger partial charge in [0.1, 0.15) is 18.7 Å². The number of carbonyl (C=O) groups is 1. The summed E-state index contributed by atoms with van der Waals surface area (Å²) < 4.78 is 0. The van der Waals surface area contributed by atoms with Crippen molar-refractivity contribution < 1.29 is 9.90 Å². The molecule has 0 spiro atoms. The summed E-state index contributed by atoms with van der Waals surface area (Å²) in [6, 6.07) is 1.84. The van der Waals surface area contributed by atoms with E-state index < -0.39 is 5.97 Å². The number of carboxylic acids is 1. The average molecular weight is 237 g/mol. The van der Waals surface area contributed by atoms with Gasteiger partial charge in [0, 0.05) is 17.3 Å². The Bertz CT molecular complexity index is 399. The molecule has 0 fully saturated rings. The molecule has 0 aliphatic carbocycles. The van der Waals surface area contributed by atoms with Crippen LogP contribution in [-0.2, 0) is 11.2 Å². The van der Waals surface area contributed by atoms with E-state index in [2.05, 4.69) is 9.97 Å². The molecule has 1 aromatic heterocycles. The van der Waals surface area contributed by atoms with Crippen LogP contribution in [0.15, 0.2) is 12.4 Å². The van der Waals surface area contributed by atoms with Crippen LogP contribution < -0.4 is 4.90 Å². The van der Waals surface area contributed by atoms with Crippen molar-refractivity contribution in [1.82, 2.24) is 9.97 Å². The lowest BCUT2D eigenvalue weighted by molar-refractivity contribution is -0.135. The molecule has 5 heteroatoms. The number of aryl methyl sites for hydroxylation is 1. The summed E-state index contributed by atoms with van der Waals surface area (Å²) in [5, 5.41) is 8.95. The highest BCUT2D eigenvalue weighted by molar-refractivity contribution is 5.73. The molecule has 0 amide bonds. The molecular weight excluding hydrogens is 218 g/mol. The Kier molecular flexibility index (Phi) is 4.04. The maximum atomic E-state index is 10.9. The SMILES string of the molecule is CCc1cc(N(CC(=O)O)C(C)(C)C)ncn1. The van der Waals surface area contributed by atoms with Crippen molar-refractivity contribution in [3.8, 4) is 0 Å². The molecule has 1 N–H and O–H groups in total. The summed E-state index contributed by atoms with van der Waals surface area (Å²) in [5.41, 5.74) is 0.618. The van der Waals surface area contributed by atoms with Gasteiger partial charge < -0.3 is 10.0 Å². The Balaban J connectivity index is 3.08. The molecule has 0 aliphatic heterocycles. The van der Waals surface area contributed by atoms with E-state index in [1.165, 1.54) is 6.33 Å². The molecule has 0 bridgehead atoms. The molecule has 0 aromatic carbocycles. The van der Waals surface area contributed by atoms with Gasteiger partial charge in [0.15, 0.2) is 0 Å². The molecule has 17 heavy (non-hydrogen) atoms. The van der Waals surface area contributed by atoms with Crippen molar-refractivity contribution >= 4 is 11.8 Å². The zero-order chi connectivity index (χ0) is 13.1. The van der Waals surface area contributed by atoms with Gasteiger partial charge in [-0.25, -0.2) is 9.97 Å². The molecular formula is C12H19N3O2. The van der Waals surface area contributed by atoms with E-state index in [9.17, 15) is 4.79 Å². The molecule has 0 unspecified atom stereocenters. The first-order valence-electron chi connectivity index (χ1n) is 5.65. The standard InChI is InChI=1S/C12H19N3O2/c1-5-9-6-10(14-8-13-9)15(7-11(16)17)12(2,3)4/h6,8H,5,7H2,1-4H3,(H,16,17). The predicted molar refractivity (Wildman–Crippen MR) is 66.1 cm³/mol. The van der Waals surface area contributed by atoms with Crippen molar-refractivity contribution in [3.05, 3.63) is 18.1 Å². The Hall–Kier alpha value is -1.65. The zero-order valence-corrected chi connectivity index (χ0v) is 10.8. The number of nitrogens with zero attached hydrogens (tertiary/aromatic N) is 3. The van der Waals surface area contributed by atoms with Crippen molar-refractivity contribution in [3.63, 3.8) is 0 Å². The minimum Gasteiger partial charge on any atom is -0.480 e. The molecule has 0 saturated carbocycles. The lowest BCUT2D eigenvalue weighted by atomic mass is 10.1. The van der Waals surface area contributed by atoms with Gasteiger partial charge >= 0.3 is 5.97 Å². The van der Waals surface area contributed by atoms with Crippen LogP contribution in [0.2, 0.25) is 0 Å². The quantitative estimate of drug-likeness (QED) is 0.863. The van der Waals surface area contributed by atoms with E-state index in [-0.39, 0.29) is 12.1 Å². The largest absolute Gasteiger partial charge is 0.480 e. The van der Waals surface area contributed by atoms with Gasteiger partial charge in [-0.05, 0) is 27.2 Å². The van der Waals surface area contributed by atoms with Crippen LogP contribution >= 0.6 is 0 Å². The van der Waals surface area contributed by atoms with Crippen LogP contribution in [0.4, 0.5) is 5.82 Å². The van der Waals surface area contributed by atoms with E-state index >= 15 is 0 Å². The number of hydrogen-bond donors (Lipinski definition) is 1. The van der Waals surface area contributed by atoms with Gasteiger partial charge in [0.2, 0.25) is 0 Å².